The Morgan fingerprint density at radius 2 is 1.79 bits per heavy atom. The molecule has 2 aromatic rings. The minimum absolute atomic E-state index is 0.374. The third-order valence-electron chi connectivity index (χ3n) is 4.76. The van der Waals surface area contributed by atoms with Gasteiger partial charge < -0.3 is 24.6 Å². The number of benzene rings is 2. The number of nitrogens with zero attached hydrogens (tertiary/aromatic N) is 2. The second-order valence-corrected chi connectivity index (χ2v) is 7.13. The Hall–Kier alpha value is -3.06. The zero-order valence-corrected chi connectivity index (χ0v) is 17.1. The smallest absolute Gasteiger partial charge is 0.338 e. The summed E-state index contributed by atoms with van der Waals surface area (Å²) in [6.45, 7) is 4.71. The molecule has 0 saturated carbocycles. The van der Waals surface area contributed by atoms with E-state index in [1.54, 1.807) is 25.1 Å². The first-order valence-corrected chi connectivity index (χ1v) is 9.66. The van der Waals surface area contributed by atoms with Crippen molar-refractivity contribution in [3.63, 3.8) is 0 Å². The van der Waals surface area contributed by atoms with Crippen LogP contribution in [0.1, 0.15) is 17.3 Å². The first kappa shape index (κ1) is 20.7. The second kappa shape index (κ2) is 9.43. The molecule has 29 heavy (non-hydrogen) atoms. The first-order valence-electron chi connectivity index (χ1n) is 9.66. The molecule has 1 fully saturated rings. The van der Waals surface area contributed by atoms with Crippen molar-refractivity contribution in [3.05, 3.63) is 54.1 Å². The van der Waals surface area contributed by atoms with E-state index in [4.69, 9.17) is 9.47 Å². The van der Waals surface area contributed by atoms with Crippen molar-refractivity contribution in [3.8, 4) is 0 Å². The van der Waals surface area contributed by atoms with E-state index in [-0.39, 0.29) is 5.91 Å². The number of hydrogen-bond donors (Lipinski definition) is 1. The van der Waals surface area contributed by atoms with Gasteiger partial charge in [-0.05, 0) is 49.4 Å². The molecule has 1 aliphatic heterocycles. The van der Waals surface area contributed by atoms with E-state index in [0.717, 1.165) is 37.7 Å². The van der Waals surface area contributed by atoms with Crippen molar-refractivity contribution >= 4 is 28.9 Å². The van der Waals surface area contributed by atoms with Gasteiger partial charge in [-0.25, -0.2) is 4.79 Å². The predicted octanol–water partition coefficient (Wildman–Crippen LogP) is 2.77. The summed E-state index contributed by atoms with van der Waals surface area (Å²) in [5, 5.41) is 2.79. The standard InChI is InChI=1S/C22H27N3O4/c1-16(29-22(27)17-5-4-6-20(15-17)24(2)3)21(26)23-18-7-9-19(10-8-18)25-11-13-28-14-12-25/h4-10,15-16H,11-14H2,1-3H3,(H,23,26). The van der Waals surface area contributed by atoms with Gasteiger partial charge in [-0.2, -0.15) is 0 Å². The van der Waals surface area contributed by atoms with Crippen LogP contribution in [0.3, 0.4) is 0 Å². The van der Waals surface area contributed by atoms with E-state index in [9.17, 15) is 9.59 Å². The predicted molar refractivity (Wildman–Crippen MR) is 114 cm³/mol. The van der Waals surface area contributed by atoms with Crippen molar-refractivity contribution < 1.29 is 19.1 Å². The summed E-state index contributed by atoms with van der Waals surface area (Å²) in [6.07, 6.45) is -0.913. The minimum Gasteiger partial charge on any atom is -0.449 e. The molecule has 1 aliphatic rings. The Kier molecular flexibility index (Phi) is 6.72. The minimum atomic E-state index is -0.913. The molecule has 0 bridgehead atoms. The van der Waals surface area contributed by atoms with Crippen LogP contribution in [0.25, 0.3) is 0 Å². The summed E-state index contributed by atoms with van der Waals surface area (Å²) in [7, 11) is 3.79. The van der Waals surface area contributed by atoms with Gasteiger partial charge in [0.25, 0.3) is 5.91 Å². The third kappa shape index (κ3) is 5.48. The first-order chi connectivity index (χ1) is 13.9. The zero-order valence-electron chi connectivity index (χ0n) is 17.1. The van der Waals surface area contributed by atoms with E-state index in [0.29, 0.717) is 11.3 Å². The topological polar surface area (TPSA) is 71.1 Å². The van der Waals surface area contributed by atoms with Gasteiger partial charge in [-0.3, -0.25) is 4.79 Å². The summed E-state index contributed by atoms with van der Waals surface area (Å²) in [5.74, 6) is -0.903. The number of anilines is 3. The molecule has 3 rings (SSSR count). The fourth-order valence-electron chi connectivity index (χ4n) is 3.01. The number of amides is 1. The second-order valence-electron chi connectivity index (χ2n) is 7.13. The van der Waals surface area contributed by atoms with Gasteiger partial charge in [0.05, 0.1) is 18.8 Å². The molecule has 1 saturated heterocycles. The Bertz CT molecular complexity index is 845. The van der Waals surface area contributed by atoms with Crippen LogP contribution in [-0.4, -0.2) is 58.4 Å². The SMILES string of the molecule is CC(OC(=O)c1cccc(N(C)C)c1)C(=O)Nc1ccc(N2CCOCC2)cc1. The third-order valence-corrected chi connectivity index (χ3v) is 4.76. The average Bonchev–Trinajstić information content (AvgIpc) is 2.75. The fraction of sp³-hybridized carbons (Fsp3) is 0.364. The molecule has 2 aromatic carbocycles. The van der Waals surface area contributed by atoms with Gasteiger partial charge in [-0.15, -0.1) is 0 Å². The van der Waals surface area contributed by atoms with Crippen molar-refractivity contribution in [2.45, 2.75) is 13.0 Å². The molecular weight excluding hydrogens is 370 g/mol. The van der Waals surface area contributed by atoms with Crippen molar-refractivity contribution in [2.24, 2.45) is 0 Å². The average molecular weight is 397 g/mol. The van der Waals surface area contributed by atoms with Crippen molar-refractivity contribution in [1.29, 1.82) is 0 Å². The lowest BCUT2D eigenvalue weighted by atomic mass is 10.2. The van der Waals surface area contributed by atoms with E-state index in [1.807, 2.05) is 49.3 Å². The number of morpholine rings is 1. The lowest BCUT2D eigenvalue weighted by Gasteiger charge is -2.28. The Morgan fingerprint density at radius 3 is 2.45 bits per heavy atom. The van der Waals surface area contributed by atoms with Crippen molar-refractivity contribution in [1.82, 2.24) is 0 Å². The van der Waals surface area contributed by atoms with Crippen LogP contribution in [0.2, 0.25) is 0 Å². The molecule has 0 aromatic heterocycles. The van der Waals surface area contributed by atoms with Crippen LogP contribution in [0.4, 0.5) is 17.1 Å². The molecule has 1 amide bonds. The fourth-order valence-corrected chi connectivity index (χ4v) is 3.01. The van der Waals surface area contributed by atoms with Gasteiger partial charge in [0, 0.05) is 44.2 Å². The highest BCUT2D eigenvalue weighted by Gasteiger charge is 2.20. The zero-order chi connectivity index (χ0) is 20.8. The summed E-state index contributed by atoms with van der Waals surface area (Å²) in [5.41, 5.74) is 3.04. The van der Waals surface area contributed by atoms with Gasteiger partial charge in [0.1, 0.15) is 0 Å². The van der Waals surface area contributed by atoms with Crippen LogP contribution in [0, 0.1) is 0 Å². The normalized spacial score (nSPS) is 14.8. The van der Waals surface area contributed by atoms with Crippen LogP contribution in [-0.2, 0) is 14.3 Å². The van der Waals surface area contributed by atoms with Crippen LogP contribution >= 0.6 is 0 Å². The molecular formula is C22H27N3O4. The molecule has 154 valence electrons. The van der Waals surface area contributed by atoms with E-state index < -0.39 is 12.1 Å². The molecule has 7 nitrogen and oxygen atoms in total. The van der Waals surface area contributed by atoms with Gasteiger partial charge >= 0.3 is 5.97 Å². The summed E-state index contributed by atoms with van der Waals surface area (Å²) in [4.78, 5) is 28.9. The lowest BCUT2D eigenvalue weighted by molar-refractivity contribution is -0.123. The number of carbonyl (C=O) groups is 2. The van der Waals surface area contributed by atoms with Crippen LogP contribution in [0.5, 0.6) is 0 Å². The van der Waals surface area contributed by atoms with Crippen molar-refractivity contribution in [2.75, 3.05) is 55.5 Å². The number of esters is 1. The maximum Gasteiger partial charge on any atom is 0.338 e. The Balaban J connectivity index is 1.56. The summed E-state index contributed by atoms with van der Waals surface area (Å²) >= 11 is 0. The molecule has 1 unspecified atom stereocenters. The lowest BCUT2D eigenvalue weighted by Crippen LogP contribution is -2.36. The highest BCUT2D eigenvalue weighted by atomic mass is 16.5. The molecule has 1 atom stereocenters. The van der Waals surface area contributed by atoms with Gasteiger partial charge in [0.2, 0.25) is 0 Å². The Morgan fingerprint density at radius 1 is 1.10 bits per heavy atom. The highest BCUT2D eigenvalue weighted by Crippen LogP contribution is 2.20. The van der Waals surface area contributed by atoms with Gasteiger partial charge in [-0.1, -0.05) is 6.07 Å². The van der Waals surface area contributed by atoms with E-state index in [1.165, 1.54) is 0 Å². The molecule has 1 heterocycles. The Labute approximate surface area is 171 Å². The maximum atomic E-state index is 12.4. The molecule has 1 N–H and O–H groups in total. The number of carbonyl (C=O) groups excluding carboxylic acids is 2. The quantitative estimate of drug-likeness (QED) is 0.756. The molecule has 0 radical (unpaired) electrons. The van der Waals surface area contributed by atoms with Gasteiger partial charge in [0.15, 0.2) is 6.10 Å². The van der Waals surface area contributed by atoms with E-state index in [2.05, 4.69) is 10.2 Å². The molecule has 0 aliphatic carbocycles. The largest absolute Gasteiger partial charge is 0.449 e. The number of hydrogen-bond acceptors (Lipinski definition) is 6. The summed E-state index contributed by atoms with van der Waals surface area (Å²) < 4.78 is 10.7. The molecule has 0 spiro atoms. The molecule has 7 heteroatoms. The number of nitrogens with one attached hydrogen (secondary N) is 1. The van der Waals surface area contributed by atoms with Crippen LogP contribution in [0.15, 0.2) is 48.5 Å². The van der Waals surface area contributed by atoms with E-state index >= 15 is 0 Å². The van der Waals surface area contributed by atoms with Crippen LogP contribution < -0.4 is 15.1 Å². The summed E-state index contributed by atoms with van der Waals surface area (Å²) in [6, 6.07) is 14.7. The maximum absolute atomic E-state index is 12.4. The number of ether oxygens (including phenoxy) is 2. The number of rotatable bonds is 6. The highest BCUT2D eigenvalue weighted by molar-refractivity contribution is 5.97. The monoisotopic (exact) mass is 397 g/mol.